The van der Waals surface area contributed by atoms with E-state index in [1.54, 1.807) is 7.11 Å². The number of fused-ring (bicyclic) bond motifs is 1. The Kier molecular flexibility index (Phi) is 5.23. The zero-order chi connectivity index (χ0) is 19.7. The maximum atomic E-state index is 13.1. The van der Waals surface area contributed by atoms with E-state index < -0.39 is 0 Å². The summed E-state index contributed by atoms with van der Waals surface area (Å²) in [5, 5.41) is 0.626. The summed E-state index contributed by atoms with van der Waals surface area (Å²) in [6.07, 6.45) is 3.71. The van der Waals surface area contributed by atoms with Crippen LogP contribution in [-0.2, 0) is 6.54 Å². The number of rotatable bonds is 4. The van der Waals surface area contributed by atoms with Gasteiger partial charge in [-0.2, -0.15) is 0 Å². The number of methoxy groups -OCH3 is 1. The lowest BCUT2D eigenvalue weighted by Gasteiger charge is -2.27. The quantitative estimate of drug-likeness (QED) is 0.636. The first kappa shape index (κ1) is 18.8. The van der Waals surface area contributed by atoms with E-state index >= 15 is 0 Å². The van der Waals surface area contributed by atoms with E-state index in [0.29, 0.717) is 22.3 Å². The van der Waals surface area contributed by atoms with E-state index in [-0.39, 0.29) is 5.43 Å². The Morgan fingerprint density at radius 2 is 1.71 bits per heavy atom. The van der Waals surface area contributed by atoms with Crippen molar-refractivity contribution in [1.29, 1.82) is 0 Å². The zero-order valence-electron chi connectivity index (χ0n) is 16.9. The highest BCUT2D eigenvalue weighted by molar-refractivity contribution is 5.85. The Bertz CT molecular complexity index is 1040. The Labute approximate surface area is 165 Å². The Morgan fingerprint density at radius 1 is 1.00 bits per heavy atom. The molecule has 0 radical (unpaired) electrons. The van der Waals surface area contributed by atoms with Crippen LogP contribution in [0.1, 0.15) is 36.0 Å². The van der Waals surface area contributed by atoms with Gasteiger partial charge in [-0.05, 0) is 51.9 Å². The number of benzene rings is 2. The van der Waals surface area contributed by atoms with Crippen LogP contribution < -0.4 is 10.2 Å². The van der Waals surface area contributed by atoms with Crippen LogP contribution in [0.3, 0.4) is 0 Å². The van der Waals surface area contributed by atoms with Crippen LogP contribution in [0.4, 0.5) is 0 Å². The van der Waals surface area contributed by atoms with Crippen molar-refractivity contribution in [2.75, 3.05) is 20.2 Å². The van der Waals surface area contributed by atoms with Gasteiger partial charge in [-0.1, -0.05) is 36.2 Å². The van der Waals surface area contributed by atoms with Crippen molar-refractivity contribution < 1.29 is 9.15 Å². The van der Waals surface area contributed by atoms with Crippen molar-refractivity contribution in [3.8, 4) is 17.1 Å². The fourth-order valence-electron chi connectivity index (χ4n) is 4.05. The highest BCUT2D eigenvalue weighted by Crippen LogP contribution is 2.33. The fraction of sp³-hybridized carbons (Fsp3) is 0.375. The molecular weight excluding hydrogens is 350 g/mol. The number of hydrogen-bond donors (Lipinski definition) is 0. The van der Waals surface area contributed by atoms with Gasteiger partial charge in [0.05, 0.1) is 18.1 Å². The molecule has 0 unspecified atom stereocenters. The number of nitrogens with zero attached hydrogens (tertiary/aromatic N) is 1. The molecule has 0 spiro atoms. The monoisotopic (exact) mass is 377 g/mol. The lowest BCUT2D eigenvalue weighted by molar-refractivity contribution is 0.218. The van der Waals surface area contributed by atoms with Crippen LogP contribution in [0.5, 0.6) is 5.75 Å². The third kappa shape index (κ3) is 3.45. The maximum absolute atomic E-state index is 13.1. The molecule has 1 aromatic heterocycles. The smallest absolute Gasteiger partial charge is 0.196 e. The van der Waals surface area contributed by atoms with Crippen LogP contribution in [0.2, 0.25) is 0 Å². The van der Waals surface area contributed by atoms with Crippen LogP contribution in [0, 0.1) is 13.8 Å². The minimum atomic E-state index is 0.0272. The van der Waals surface area contributed by atoms with Crippen molar-refractivity contribution in [3.05, 3.63) is 63.3 Å². The van der Waals surface area contributed by atoms with Gasteiger partial charge < -0.3 is 9.15 Å². The van der Waals surface area contributed by atoms with Crippen molar-refractivity contribution >= 4 is 11.0 Å². The standard InChI is InChI=1S/C24H27NO3/c1-16-7-9-18(10-8-16)23-17(2)22(26)19-11-12-21(27-3)20(24(19)28-23)15-25-13-5-4-6-14-25/h7-12H,4-6,13-15H2,1-3H3. The van der Waals surface area contributed by atoms with E-state index in [1.807, 2.05) is 43.3 Å². The molecule has 28 heavy (non-hydrogen) atoms. The van der Waals surface area contributed by atoms with E-state index in [4.69, 9.17) is 9.15 Å². The van der Waals surface area contributed by atoms with Crippen molar-refractivity contribution in [3.63, 3.8) is 0 Å². The van der Waals surface area contributed by atoms with Gasteiger partial charge in [0.1, 0.15) is 17.1 Å². The number of aryl methyl sites for hydroxylation is 1. The minimum absolute atomic E-state index is 0.0272. The summed E-state index contributed by atoms with van der Waals surface area (Å²) in [6, 6.07) is 11.8. The molecule has 2 heterocycles. The molecule has 1 fully saturated rings. The average molecular weight is 377 g/mol. The van der Waals surface area contributed by atoms with Gasteiger partial charge in [-0.3, -0.25) is 9.69 Å². The molecule has 0 atom stereocenters. The SMILES string of the molecule is COc1ccc2c(=O)c(C)c(-c3ccc(C)cc3)oc2c1CN1CCCCC1. The molecule has 4 nitrogen and oxygen atoms in total. The maximum Gasteiger partial charge on any atom is 0.196 e. The molecule has 0 N–H and O–H groups in total. The molecule has 0 aliphatic carbocycles. The van der Waals surface area contributed by atoms with E-state index in [9.17, 15) is 4.79 Å². The summed E-state index contributed by atoms with van der Waals surface area (Å²) in [4.78, 5) is 15.5. The van der Waals surface area contributed by atoms with E-state index in [0.717, 1.165) is 36.5 Å². The summed E-state index contributed by atoms with van der Waals surface area (Å²) in [5.41, 5.74) is 4.39. The predicted octanol–water partition coefficient (Wildman–Crippen LogP) is 5.07. The molecule has 146 valence electrons. The Balaban J connectivity index is 1.91. The molecule has 2 aromatic carbocycles. The summed E-state index contributed by atoms with van der Waals surface area (Å²) >= 11 is 0. The van der Waals surface area contributed by atoms with Crippen LogP contribution in [-0.4, -0.2) is 25.1 Å². The van der Waals surface area contributed by atoms with Crippen molar-refractivity contribution in [1.82, 2.24) is 4.90 Å². The van der Waals surface area contributed by atoms with Gasteiger partial charge in [0, 0.05) is 17.7 Å². The van der Waals surface area contributed by atoms with Crippen LogP contribution in [0.15, 0.2) is 45.6 Å². The van der Waals surface area contributed by atoms with Gasteiger partial charge in [-0.15, -0.1) is 0 Å². The highest BCUT2D eigenvalue weighted by atomic mass is 16.5. The second kappa shape index (κ2) is 7.80. The molecule has 0 amide bonds. The molecule has 0 saturated carbocycles. The van der Waals surface area contributed by atoms with Crippen LogP contribution in [0.25, 0.3) is 22.3 Å². The second-order valence-electron chi connectivity index (χ2n) is 7.71. The summed E-state index contributed by atoms with van der Waals surface area (Å²) in [6.45, 7) is 6.77. The molecule has 4 rings (SSSR count). The van der Waals surface area contributed by atoms with E-state index in [1.165, 1.54) is 24.8 Å². The van der Waals surface area contributed by atoms with Crippen molar-refractivity contribution in [2.45, 2.75) is 39.7 Å². The number of hydrogen-bond acceptors (Lipinski definition) is 4. The third-order valence-electron chi connectivity index (χ3n) is 5.71. The first-order chi connectivity index (χ1) is 13.6. The predicted molar refractivity (Wildman–Crippen MR) is 113 cm³/mol. The van der Waals surface area contributed by atoms with Gasteiger partial charge >= 0.3 is 0 Å². The molecule has 1 aliphatic rings. The molecule has 1 saturated heterocycles. The summed E-state index contributed by atoms with van der Waals surface area (Å²) < 4.78 is 12.0. The second-order valence-corrected chi connectivity index (χ2v) is 7.71. The first-order valence-electron chi connectivity index (χ1n) is 10.0. The zero-order valence-corrected chi connectivity index (χ0v) is 16.9. The van der Waals surface area contributed by atoms with E-state index in [2.05, 4.69) is 11.8 Å². The first-order valence-corrected chi connectivity index (χ1v) is 10.0. The van der Waals surface area contributed by atoms with Gasteiger partial charge in [0.15, 0.2) is 5.43 Å². The van der Waals surface area contributed by atoms with Gasteiger partial charge in [-0.25, -0.2) is 0 Å². The fourth-order valence-corrected chi connectivity index (χ4v) is 4.05. The number of likely N-dealkylation sites (tertiary alicyclic amines) is 1. The lowest BCUT2D eigenvalue weighted by Crippen LogP contribution is -2.29. The summed E-state index contributed by atoms with van der Waals surface area (Å²) in [5.74, 6) is 1.42. The highest BCUT2D eigenvalue weighted by Gasteiger charge is 2.20. The summed E-state index contributed by atoms with van der Waals surface area (Å²) in [7, 11) is 1.67. The Hall–Kier alpha value is -2.59. The molecular formula is C24H27NO3. The molecule has 1 aliphatic heterocycles. The molecule has 4 heteroatoms. The van der Waals surface area contributed by atoms with Gasteiger partial charge in [0.25, 0.3) is 0 Å². The molecule has 3 aromatic rings. The average Bonchev–Trinajstić information content (AvgIpc) is 2.72. The number of ether oxygens (including phenoxy) is 1. The normalized spacial score (nSPS) is 15.1. The number of piperidine rings is 1. The third-order valence-corrected chi connectivity index (χ3v) is 5.71. The molecule has 0 bridgehead atoms. The minimum Gasteiger partial charge on any atom is -0.496 e. The Morgan fingerprint density at radius 3 is 2.39 bits per heavy atom. The van der Waals surface area contributed by atoms with Crippen LogP contribution >= 0.6 is 0 Å². The topological polar surface area (TPSA) is 42.7 Å². The lowest BCUT2D eigenvalue weighted by atomic mass is 10.0. The van der Waals surface area contributed by atoms with Crippen molar-refractivity contribution in [2.24, 2.45) is 0 Å². The van der Waals surface area contributed by atoms with Gasteiger partial charge in [0.2, 0.25) is 0 Å². The largest absolute Gasteiger partial charge is 0.496 e.